The van der Waals surface area contributed by atoms with Crippen molar-refractivity contribution in [1.82, 2.24) is 0 Å². The van der Waals surface area contributed by atoms with E-state index >= 15 is 0 Å². The number of benzene rings is 2. The zero-order valence-corrected chi connectivity index (χ0v) is 32.0. The molecule has 9 rings (SSSR count). The molecule has 0 saturated heterocycles. The number of rotatable bonds is 4. The molecule has 0 aliphatic heterocycles. The van der Waals surface area contributed by atoms with Crippen LogP contribution in [-0.2, 0) is 0 Å². The van der Waals surface area contributed by atoms with Crippen LogP contribution in [0.1, 0.15) is 86.5 Å². The zero-order valence-electron chi connectivity index (χ0n) is 31.0. The Morgan fingerprint density at radius 3 is 1.69 bits per heavy atom. The van der Waals surface area contributed by atoms with Crippen molar-refractivity contribution >= 4 is 18.4 Å². The number of hydrogen-bond acceptors (Lipinski definition) is 0. The number of hydrogen-bond donors (Lipinski definition) is 0. The van der Waals surface area contributed by atoms with Crippen molar-refractivity contribution in [2.24, 2.45) is 51.8 Å². The van der Waals surface area contributed by atoms with Gasteiger partial charge in [0.05, 0.1) is 0 Å². The van der Waals surface area contributed by atoms with Crippen LogP contribution < -0.4 is 10.4 Å². The van der Waals surface area contributed by atoms with Crippen LogP contribution in [0.4, 0.5) is 0 Å². The van der Waals surface area contributed by atoms with E-state index in [1.165, 1.54) is 44.9 Å². The van der Waals surface area contributed by atoms with E-state index in [0.717, 1.165) is 0 Å². The van der Waals surface area contributed by atoms with E-state index in [0.29, 0.717) is 46.6 Å². The van der Waals surface area contributed by atoms with Crippen molar-refractivity contribution in [3.05, 3.63) is 132 Å². The van der Waals surface area contributed by atoms with Crippen LogP contribution in [0.2, 0.25) is 11.1 Å². The molecule has 6 unspecified atom stereocenters. The standard InChI is InChI=1S/C48H58Si/c1-46(2)25-15-17-33-28-37-38-29-42-43(48(5,6)27-26-47(42,3)4)31-40(38)45(39(37)30-41(33)46)49(34-18-9-7-10-19-34,35-20-11-8-12-21-35)44-24-23-32-16-13-14-22-36(32)44/h7-14,16,18-22,28-32,36-40,44-45H,15,17,23-27H2,1-6H3/t32-,36?,37?,38?,39?,40?,44-,45?/m0/s1. The molecule has 4 saturated carbocycles. The highest BCUT2D eigenvalue weighted by molar-refractivity contribution is 7.04. The second-order valence-corrected chi connectivity index (χ2v) is 23.4. The minimum Gasteiger partial charge on any atom is -0.0808 e. The summed E-state index contributed by atoms with van der Waals surface area (Å²) in [6.07, 6.45) is 30.7. The van der Waals surface area contributed by atoms with E-state index in [1.807, 2.05) is 0 Å². The average Bonchev–Trinajstić information content (AvgIpc) is 3.67. The Morgan fingerprint density at radius 1 is 0.531 bits per heavy atom. The Morgan fingerprint density at radius 2 is 1.06 bits per heavy atom. The first kappa shape index (κ1) is 32.0. The van der Waals surface area contributed by atoms with Gasteiger partial charge in [0.15, 0.2) is 0 Å². The maximum Gasteiger partial charge on any atom is 0.125 e. The summed E-state index contributed by atoms with van der Waals surface area (Å²) in [5.74, 6) is 3.54. The van der Waals surface area contributed by atoms with Gasteiger partial charge in [-0.15, -0.1) is 0 Å². The first-order chi connectivity index (χ1) is 23.5. The molecule has 0 N–H and O–H groups in total. The van der Waals surface area contributed by atoms with Gasteiger partial charge < -0.3 is 0 Å². The molecule has 0 radical (unpaired) electrons. The molecule has 2 aromatic rings. The van der Waals surface area contributed by atoms with Gasteiger partial charge in [0.2, 0.25) is 0 Å². The number of allylic oxidation sites excluding steroid dienone is 12. The zero-order chi connectivity index (χ0) is 33.8. The van der Waals surface area contributed by atoms with Gasteiger partial charge in [-0.2, -0.15) is 0 Å². The van der Waals surface area contributed by atoms with Gasteiger partial charge in [-0.05, 0) is 124 Å². The molecule has 0 spiro atoms. The quantitative estimate of drug-likeness (QED) is 0.286. The molecule has 0 amide bonds. The van der Waals surface area contributed by atoms with Gasteiger partial charge in [0, 0.05) is 0 Å². The van der Waals surface area contributed by atoms with Crippen LogP contribution in [0.3, 0.4) is 0 Å². The summed E-state index contributed by atoms with van der Waals surface area (Å²) < 4.78 is 0. The van der Waals surface area contributed by atoms with E-state index in [9.17, 15) is 0 Å². The van der Waals surface area contributed by atoms with Crippen LogP contribution in [0, 0.1) is 51.8 Å². The lowest BCUT2D eigenvalue weighted by Crippen LogP contribution is -2.67. The topological polar surface area (TPSA) is 0 Å². The second-order valence-electron chi connectivity index (χ2n) is 19.1. The minimum absolute atomic E-state index is 0.219. The number of fused-ring (bicyclic) bond motifs is 6. The lowest BCUT2D eigenvalue weighted by Gasteiger charge is -2.51. The van der Waals surface area contributed by atoms with E-state index in [4.69, 9.17) is 0 Å². The summed E-state index contributed by atoms with van der Waals surface area (Å²) in [5.41, 5.74) is 8.77. The lowest BCUT2D eigenvalue weighted by molar-refractivity contribution is 0.248. The van der Waals surface area contributed by atoms with E-state index in [1.54, 1.807) is 32.7 Å². The normalized spacial score (nSPS) is 36.2. The third kappa shape index (κ3) is 4.73. The summed E-state index contributed by atoms with van der Waals surface area (Å²) in [6.45, 7) is 15.3. The van der Waals surface area contributed by atoms with Crippen LogP contribution in [0.5, 0.6) is 0 Å². The molecule has 2 aromatic carbocycles. The van der Waals surface area contributed by atoms with Crippen molar-refractivity contribution in [3.63, 3.8) is 0 Å². The SMILES string of the molecule is CC1(C)CCCC2=CC3C4C=C5C(=CC4C([Si](c4ccccc4)(c4ccccc4)[C@H]4CC[C@@H]6C=CC=CC64)C3C=C21)C(C)(C)CCC5(C)C. The molecule has 0 aromatic heterocycles. The van der Waals surface area contributed by atoms with E-state index in [-0.39, 0.29) is 16.2 Å². The first-order valence-corrected chi connectivity index (χ1v) is 22.0. The first-order valence-electron chi connectivity index (χ1n) is 19.9. The van der Waals surface area contributed by atoms with Crippen LogP contribution >= 0.6 is 0 Å². The van der Waals surface area contributed by atoms with E-state index in [2.05, 4.69) is 151 Å². The molecule has 0 bridgehead atoms. The Hall–Kier alpha value is -2.90. The fourth-order valence-electron chi connectivity index (χ4n) is 12.9. The molecule has 7 aliphatic carbocycles. The summed E-state index contributed by atoms with van der Waals surface area (Å²) in [4.78, 5) is 0. The van der Waals surface area contributed by atoms with Gasteiger partial charge in [0.1, 0.15) is 8.07 Å². The van der Waals surface area contributed by atoms with Gasteiger partial charge in [-0.3, -0.25) is 0 Å². The Balaban J connectivity index is 1.35. The molecule has 254 valence electrons. The Kier molecular flexibility index (Phi) is 7.39. The monoisotopic (exact) mass is 662 g/mol. The van der Waals surface area contributed by atoms with Crippen LogP contribution in [0.25, 0.3) is 0 Å². The lowest BCUT2D eigenvalue weighted by atomic mass is 9.57. The van der Waals surface area contributed by atoms with Crippen molar-refractivity contribution < 1.29 is 0 Å². The highest BCUT2D eigenvalue weighted by Crippen LogP contribution is 2.67. The molecule has 0 heterocycles. The van der Waals surface area contributed by atoms with Gasteiger partial charge in [-0.1, -0.05) is 168 Å². The third-order valence-electron chi connectivity index (χ3n) is 15.3. The summed E-state index contributed by atoms with van der Waals surface area (Å²) in [5, 5.41) is 3.37. The minimum atomic E-state index is -2.48. The fraction of sp³-hybridized carbons (Fsp3) is 0.500. The molecular formula is C48H58Si. The predicted molar refractivity (Wildman–Crippen MR) is 211 cm³/mol. The fourth-order valence-corrected chi connectivity index (χ4v) is 20.2. The van der Waals surface area contributed by atoms with Crippen molar-refractivity contribution in [3.8, 4) is 0 Å². The van der Waals surface area contributed by atoms with Crippen molar-refractivity contribution in [2.45, 2.75) is 97.6 Å². The molecule has 7 aliphatic rings. The molecular weight excluding hydrogens is 605 g/mol. The van der Waals surface area contributed by atoms with Gasteiger partial charge >= 0.3 is 0 Å². The highest BCUT2D eigenvalue weighted by atomic mass is 28.3. The third-order valence-corrected chi connectivity index (χ3v) is 21.5. The predicted octanol–water partition coefficient (Wildman–Crippen LogP) is 11.4. The molecule has 49 heavy (non-hydrogen) atoms. The molecule has 4 fully saturated rings. The van der Waals surface area contributed by atoms with E-state index < -0.39 is 8.07 Å². The van der Waals surface area contributed by atoms with Crippen molar-refractivity contribution in [2.75, 3.05) is 0 Å². The van der Waals surface area contributed by atoms with Crippen molar-refractivity contribution in [1.29, 1.82) is 0 Å². The van der Waals surface area contributed by atoms with Crippen LogP contribution in [0.15, 0.2) is 132 Å². The summed E-state index contributed by atoms with van der Waals surface area (Å²) in [7, 11) is -2.48. The summed E-state index contributed by atoms with van der Waals surface area (Å²) in [6, 6.07) is 24.4. The molecule has 8 atom stereocenters. The highest BCUT2D eigenvalue weighted by Gasteiger charge is 2.65. The van der Waals surface area contributed by atoms with Crippen LogP contribution in [-0.4, -0.2) is 8.07 Å². The summed E-state index contributed by atoms with van der Waals surface area (Å²) >= 11 is 0. The molecule has 1 heteroatoms. The average molecular weight is 663 g/mol. The molecule has 0 nitrogen and oxygen atoms in total. The maximum atomic E-state index is 2.95. The second kappa shape index (κ2) is 11.3. The maximum absolute atomic E-state index is 2.95. The smallest absolute Gasteiger partial charge is 0.0808 e. The van der Waals surface area contributed by atoms with Gasteiger partial charge in [0.25, 0.3) is 0 Å². The van der Waals surface area contributed by atoms with Gasteiger partial charge in [-0.25, -0.2) is 0 Å². The Labute approximate surface area is 298 Å². The Bertz CT molecular complexity index is 1770. The largest absolute Gasteiger partial charge is 0.125 e.